The van der Waals surface area contributed by atoms with Crippen molar-refractivity contribution in [2.75, 3.05) is 57.8 Å². The molecule has 1 amide bonds. The maximum absolute atomic E-state index is 12.0. The summed E-state index contributed by atoms with van der Waals surface area (Å²) >= 11 is 0. The summed E-state index contributed by atoms with van der Waals surface area (Å²) < 4.78 is 11.5. The van der Waals surface area contributed by atoms with Crippen LogP contribution in [0.15, 0.2) is 23.2 Å². The molecule has 2 aliphatic heterocycles. The fraction of sp³-hybridized carbons (Fsp3) is 0.667. The Morgan fingerprint density at radius 1 is 1.12 bits per heavy atom. The van der Waals surface area contributed by atoms with Gasteiger partial charge in [-0.2, -0.15) is 0 Å². The summed E-state index contributed by atoms with van der Waals surface area (Å²) in [5.41, 5.74) is 0.847. The number of rotatable bonds is 9. The molecular formula is C24H40IN5O3. The average Bonchev–Trinajstić information content (AvgIpc) is 3.05. The molecule has 3 rings (SSSR count). The highest BCUT2D eigenvalue weighted by Crippen LogP contribution is 2.32. The first-order valence-corrected chi connectivity index (χ1v) is 12.1. The van der Waals surface area contributed by atoms with Crippen LogP contribution >= 0.6 is 24.0 Å². The second-order valence-electron chi connectivity index (χ2n) is 8.66. The molecule has 0 saturated carbocycles. The Hall–Kier alpha value is -1.75. The Balaban J connectivity index is 0.00000385. The minimum atomic E-state index is -0.0750. The molecule has 1 aromatic carbocycles. The van der Waals surface area contributed by atoms with Crippen LogP contribution in [0.4, 0.5) is 5.69 Å². The number of aliphatic imine (C=N–C) groups is 1. The molecule has 0 spiro atoms. The minimum absolute atomic E-state index is 0. The molecule has 0 aliphatic carbocycles. The van der Waals surface area contributed by atoms with Gasteiger partial charge in [-0.3, -0.25) is 4.79 Å². The lowest BCUT2D eigenvalue weighted by atomic mass is 9.99. The van der Waals surface area contributed by atoms with Crippen LogP contribution in [0.3, 0.4) is 0 Å². The molecule has 3 N–H and O–H groups in total. The van der Waals surface area contributed by atoms with E-state index in [0.717, 1.165) is 55.5 Å². The van der Waals surface area contributed by atoms with E-state index in [1.807, 2.05) is 25.1 Å². The predicted molar refractivity (Wildman–Crippen MR) is 144 cm³/mol. The zero-order chi connectivity index (χ0) is 22.6. The first-order chi connectivity index (χ1) is 15.6. The molecule has 1 saturated heterocycles. The summed E-state index contributed by atoms with van der Waals surface area (Å²) in [6.07, 6.45) is 5.38. The van der Waals surface area contributed by atoms with Gasteiger partial charge >= 0.3 is 0 Å². The van der Waals surface area contributed by atoms with Crippen molar-refractivity contribution in [2.45, 2.75) is 46.0 Å². The molecular weight excluding hydrogens is 533 g/mol. The van der Waals surface area contributed by atoms with Crippen LogP contribution in [-0.4, -0.2) is 69.2 Å². The van der Waals surface area contributed by atoms with Gasteiger partial charge in [-0.05, 0) is 63.4 Å². The lowest BCUT2D eigenvalue weighted by molar-refractivity contribution is -0.119. The van der Waals surface area contributed by atoms with Gasteiger partial charge in [0.05, 0.1) is 13.2 Å². The third kappa shape index (κ3) is 9.95. The summed E-state index contributed by atoms with van der Waals surface area (Å²) in [6.45, 7) is 10.7. The largest absolute Gasteiger partial charge is 0.490 e. The number of halogens is 1. The van der Waals surface area contributed by atoms with Crippen molar-refractivity contribution in [3.63, 3.8) is 0 Å². The third-order valence-electron chi connectivity index (χ3n) is 5.78. The number of carbonyl (C=O) groups is 1. The number of carbonyl (C=O) groups excluding carboxylic acids is 1. The Bertz CT molecular complexity index is 754. The lowest BCUT2D eigenvalue weighted by Crippen LogP contribution is -2.37. The fourth-order valence-electron chi connectivity index (χ4n) is 3.78. The number of ether oxygens (including phenoxy) is 2. The van der Waals surface area contributed by atoms with E-state index in [0.29, 0.717) is 25.7 Å². The van der Waals surface area contributed by atoms with Gasteiger partial charge in [0.2, 0.25) is 5.91 Å². The Kier molecular flexibility index (Phi) is 12.7. The molecule has 186 valence electrons. The normalized spacial score (nSPS) is 17.0. The molecule has 0 bridgehead atoms. The highest BCUT2D eigenvalue weighted by molar-refractivity contribution is 14.0. The van der Waals surface area contributed by atoms with Crippen molar-refractivity contribution in [2.24, 2.45) is 10.9 Å². The Morgan fingerprint density at radius 3 is 2.64 bits per heavy atom. The molecule has 0 atom stereocenters. The van der Waals surface area contributed by atoms with Crippen LogP contribution in [0.25, 0.3) is 0 Å². The standard InChI is InChI=1S/C24H39N5O3.HI/c1-3-10-25-23(30)18-27-24(26-11-4-12-29-13-8-19(2)9-14-29)28-20-6-7-21-22(17-20)32-16-5-15-31-21;/h6-7,17,19H,3-5,8-16,18H2,1-2H3,(H,25,30)(H2,26,27,28);1H. The summed E-state index contributed by atoms with van der Waals surface area (Å²) in [7, 11) is 0. The molecule has 0 aromatic heterocycles. The van der Waals surface area contributed by atoms with Crippen molar-refractivity contribution < 1.29 is 14.3 Å². The number of hydrogen-bond acceptors (Lipinski definition) is 5. The van der Waals surface area contributed by atoms with Gasteiger partial charge in [0.25, 0.3) is 0 Å². The molecule has 9 heteroatoms. The van der Waals surface area contributed by atoms with Gasteiger partial charge in [-0.25, -0.2) is 4.99 Å². The van der Waals surface area contributed by atoms with E-state index in [2.05, 4.69) is 32.8 Å². The number of hydrogen-bond donors (Lipinski definition) is 3. The molecule has 0 radical (unpaired) electrons. The van der Waals surface area contributed by atoms with Crippen LogP contribution in [-0.2, 0) is 4.79 Å². The number of nitrogens with one attached hydrogen (secondary N) is 3. The molecule has 1 aromatic rings. The highest BCUT2D eigenvalue weighted by Gasteiger charge is 2.15. The molecule has 1 fully saturated rings. The van der Waals surface area contributed by atoms with E-state index in [9.17, 15) is 4.79 Å². The number of likely N-dealkylation sites (tertiary alicyclic amines) is 1. The van der Waals surface area contributed by atoms with Crippen LogP contribution in [0.1, 0.15) is 46.0 Å². The monoisotopic (exact) mass is 573 g/mol. The van der Waals surface area contributed by atoms with E-state index in [4.69, 9.17) is 9.47 Å². The molecule has 0 unspecified atom stereocenters. The van der Waals surface area contributed by atoms with Gasteiger partial charge in [-0.15, -0.1) is 24.0 Å². The van der Waals surface area contributed by atoms with Crippen molar-refractivity contribution in [3.05, 3.63) is 18.2 Å². The number of piperidine rings is 1. The van der Waals surface area contributed by atoms with E-state index in [-0.39, 0.29) is 36.4 Å². The summed E-state index contributed by atoms with van der Waals surface area (Å²) in [6, 6.07) is 5.77. The van der Waals surface area contributed by atoms with Crippen LogP contribution in [0, 0.1) is 5.92 Å². The lowest BCUT2D eigenvalue weighted by Gasteiger charge is -2.30. The van der Waals surface area contributed by atoms with Crippen LogP contribution < -0.4 is 25.4 Å². The third-order valence-corrected chi connectivity index (χ3v) is 5.78. The quantitative estimate of drug-likeness (QED) is 0.182. The van der Waals surface area contributed by atoms with Gasteiger partial charge in [0.15, 0.2) is 17.5 Å². The number of fused-ring (bicyclic) bond motifs is 1. The van der Waals surface area contributed by atoms with E-state index < -0.39 is 0 Å². The van der Waals surface area contributed by atoms with Crippen LogP contribution in [0.5, 0.6) is 11.5 Å². The van der Waals surface area contributed by atoms with Crippen molar-refractivity contribution in [1.29, 1.82) is 0 Å². The molecule has 8 nitrogen and oxygen atoms in total. The minimum Gasteiger partial charge on any atom is -0.490 e. The molecule has 2 aliphatic rings. The number of benzene rings is 1. The second kappa shape index (κ2) is 15.2. The molecule has 2 heterocycles. The average molecular weight is 574 g/mol. The first kappa shape index (κ1) is 27.5. The van der Waals surface area contributed by atoms with Crippen molar-refractivity contribution in [3.8, 4) is 11.5 Å². The van der Waals surface area contributed by atoms with Gasteiger partial charge in [0, 0.05) is 31.3 Å². The predicted octanol–water partition coefficient (Wildman–Crippen LogP) is 3.47. The summed E-state index contributed by atoms with van der Waals surface area (Å²) in [4.78, 5) is 19.1. The van der Waals surface area contributed by atoms with Crippen molar-refractivity contribution >= 4 is 41.5 Å². The number of nitrogens with zero attached hydrogens (tertiary/aromatic N) is 2. The summed E-state index contributed by atoms with van der Waals surface area (Å²) in [5.74, 6) is 2.86. The van der Waals surface area contributed by atoms with E-state index in [1.165, 1.54) is 25.9 Å². The summed E-state index contributed by atoms with van der Waals surface area (Å²) in [5, 5.41) is 9.56. The highest BCUT2D eigenvalue weighted by atomic mass is 127. The number of amides is 1. The number of anilines is 1. The Morgan fingerprint density at radius 2 is 1.88 bits per heavy atom. The SMILES string of the molecule is CCCNC(=O)CN=C(NCCCN1CCC(C)CC1)Nc1ccc2c(c1)OCCCO2.I. The first-order valence-electron chi connectivity index (χ1n) is 12.1. The molecule has 33 heavy (non-hydrogen) atoms. The second-order valence-corrected chi connectivity index (χ2v) is 8.66. The maximum Gasteiger partial charge on any atom is 0.241 e. The van der Waals surface area contributed by atoms with Crippen molar-refractivity contribution in [1.82, 2.24) is 15.5 Å². The fourth-order valence-corrected chi connectivity index (χ4v) is 3.78. The zero-order valence-corrected chi connectivity index (χ0v) is 22.4. The Labute approximate surface area is 215 Å². The van der Waals surface area contributed by atoms with E-state index in [1.54, 1.807) is 0 Å². The topological polar surface area (TPSA) is 87.2 Å². The van der Waals surface area contributed by atoms with Gasteiger partial charge < -0.3 is 30.3 Å². The van der Waals surface area contributed by atoms with E-state index >= 15 is 0 Å². The van der Waals surface area contributed by atoms with Gasteiger partial charge in [0.1, 0.15) is 6.54 Å². The number of guanidine groups is 1. The van der Waals surface area contributed by atoms with Gasteiger partial charge in [-0.1, -0.05) is 13.8 Å². The smallest absolute Gasteiger partial charge is 0.241 e. The maximum atomic E-state index is 12.0. The zero-order valence-electron chi connectivity index (χ0n) is 20.0. The van der Waals surface area contributed by atoms with Crippen LogP contribution in [0.2, 0.25) is 0 Å².